The lowest BCUT2D eigenvalue weighted by Gasteiger charge is -2.11. The number of halogens is 1. The molecule has 1 fully saturated rings. The second kappa shape index (κ2) is 7.50. The quantitative estimate of drug-likeness (QED) is 0.821. The summed E-state index contributed by atoms with van der Waals surface area (Å²) in [5, 5.41) is 3.47. The standard InChI is InChI=1S/C15H20ClNO3/c1-19-14-9-12(16)4-5-13(14)15(18)17-7-2-3-11-6-8-20-10-11/h4-5,9,11H,2-3,6-8,10H2,1H3,(H,17,18). The maximum Gasteiger partial charge on any atom is 0.255 e. The summed E-state index contributed by atoms with van der Waals surface area (Å²) in [5.41, 5.74) is 0.515. The lowest BCUT2D eigenvalue weighted by atomic mass is 10.0. The molecular formula is C15H20ClNO3. The summed E-state index contributed by atoms with van der Waals surface area (Å²) in [6.45, 7) is 2.40. The highest BCUT2D eigenvalue weighted by Crippen LogP contribution is 2.23. The van der Waals surface area contributed by atoms with Gasteiger partial charge in [0.1, 0.15) is 5.75 Å². The number of amides is 1. The van der Waals surface area contributed by atoms with Crippen molar-refractivity contribution in [1.29, 1.82) is 0 Å². The first-order chi connectivity index (χ1) is 9.70. The Bertz CT molecular complexity index is 458. The van der Waals surface area contributed by atoms with E-state index in [1.807, 2.05) is 0 Å². The van der Waals surface area contributed by atoms with Gasteiger partial charge < -0.3 is 14.8 Å². The van der Waals surface area contributed by atoms with Crippen LogP contribution in [0.15, 0.2) is 18.2 Å². The number of carbonyl (C=O) groups excluding carboxylic acids is 1. The number of methoxy groups -OCH3 is 1. The normalized spacial score (nSPS) is 18.0. The minimum atomic E-state index is -0.124. The zero-order chi connectivity index (χ0) is 14.4. The first-order valence-electron chi connectivity index (χ1n) is 6.90. The number of rotatable bonds is 6. The van der Waals surface area contributed by atoms with Crippen LogP contribution in [0, 0.1) is 5.92 Å². The molecule has 1 aliphatic rings. The highest BCUT2D eigenvalue weighted by atomic mass is 35.5. The summed E-state index contributed by atoms with van der Waals surface area (Å²) in [7, 11) is 1.53. The highest BCUT2D eigenvalue weighted by Gasteiger charge is 2.16. The van der Waals surface area contributed by atoms with E-state index < -0.39 is 0 Å². The predicted molar refractivity (Wildman–Crippen MR) is 78.5 cm³/mol. The van der Waals surface area contributed by atoms with E-state index in [0.717, 1.165) is 32.5 Å². The van der Waals surface area contributed by atoms with Crippen LogP contribution < -0.4 is 10.1 Å². The molecule has 1 aromatic carbocycles. The van der Waals surface area contributed by atoms with Gasteiger partial charge in [0.15, 0.2) is 0 Å². The van der Waals surface area contributed by atoms with Crippen molar-refractivity contribution in [2.45, 2.75) is 19.3 Å². The second-order valence-electron chi connectivity index (χ2n) is 4.97. The van der Waals surface area contributed by atoms with Gasteiger partial charge >= 0.3 is 0 Å². The number of carbonyl (C=O) groups is 1. The summed E-state index contributed by atoms with van der Waals surface area (Å²) >= 11 is 5.88. The lowest BCUT2D eigenvalue weighted by molar-refractivity contribution is 0.0949. The molecule has 0 aliphatic carbocycles. The summed E-state index contributed by atoms with van der Waals surface area (Å²) in [5.74, 6) is 1.03. The minimum Gasteiger partial charge on any atom is -0.496 e. The van der Waals surface area contributed by atoms with Gasteiger partial charge in [-0.2, -0.15) is 0 Å². The van der Waals surface area contributed by atoms with Crippen molar-refractivity contribution in [3.63, 3.8) is 0 Å². The van der Waals surface area contributed by atoms with Crippen molar-refractivity contribution in [3.8, 4) is 5.75 Å². The summed E-state index contributed by atoms with van der Waals surface area (Å²) in [6.07, 6.45) is 3.20. The molecule has 1 aromatic rings. The zero-order valence-corrected chi connectivity index (χ0v) is 12.4. The molecule has 0 aromatic heterocycles. The third-order valence-corrected chi connectivity index (χ3v) is 3.74. The molecule has 0 saturated carbocycles. The van der Waals surface area contributed by atoms with Crippen molar-refractivity contribution in [2.24, 2.45) is 5.92 Å². The fourth-order valence-corrected chi connectivity index (χ4v) is 2.51. The van der Waals surface area contributed by atoms with Gasteiger partial charge in [-0.15, -0.1) is 0 Å². The predicted octanol–water partition coefficient (Wildman–Crippen LogP) is 2.90. The smallest absolute Gasteiger partial charge is 0.255 e. The largest absolute Gasteiger partial charge is 0.496 e. The Morgan fingerprint density at radius 3 is 3.10 bits per heavy atom. The van der Waals surface area contributed by atoms with Crippen LogP contribution in [-0.4, -0.2) is 32.8 Å². The van der Waals surface area contributed by atoms with Gasteiger partial charge in [-0.1, -0.05) is 11.6 Å². The van der Waals surface area contributed by atoms with Gasteiger partial charge in [-0.25, -0.2) is 0 Å². The van der Waals surface area contributed by atoms with Crippen molar-refractivity contribution < 1.29 is 14.3 Å². The Labute approximate surface area is 124 Å². The van der Waals surface area contributed by atoms with Gasteiger partial charge in [0.2, 0.25) is 0 Å². The van der Waals surface area contributed by atoms with Crippen LogP contribution in [0.4, 0.5) is 0 Å². The first-order valence-corrected chi connectivity index (χ1v) is 7.28. The molecule has 1 atom stereocenters. The van der Waals surface area contributed by atoms with Gasteiger partial charge in [-0.05, 0) is 43.4 Å². The van der Waals surface area contributed by atoms with E-state index in [1.54, 1.807) is 18.2 Å². The number of benzene rings is 1. The fraction of sp³-hybridized carbons (Fsp3) is 0.533. The Balaban J connectivity index is 1.79. The summed E-state index contributed by atoms with van der Waals surface area (Å²) in [4.78, 5) is 12.1. The molecule has 4 nitrogen and oxygen atoms in total. The second-order valence-corrected chi connectivity index (χ2v) is 5.41. The van der Waals surface area contributed by atoms with E-state index >= 15 is 0 Å². The van der Waals surface area contributed by atoms with Gasteiger partial charge in [-0.3, -0.25) is 4.79 Å². The van der Waals surface area contributed by atoms with E-state index in [0.29, 0.717) is 28.8 Å². The first kappa shape index (κ1) is 15.1. The summed E-state index contributed by atoms with van der Waals surface area (Å²) < 4.78 is 10.5. The third kappa shape index (κ3) is 4.12. The molecule has 1 heterocycles. The number of nitrogens with one attached hydrogen (secondary N) is 1. The highest BCUT2D eigenvalue weighted by molar-refractivity contribution is 6.30. The Morgan fingerprint density at radius 2 is 2.40 bits per heavy atom. The van der Waals surface area contributed by atoms with Crippen molar-refractivity contribution >= 4 is 17.5 Å². The Morgan fingerprint density at radius 1 is 1.55 bits per heavy atom. The van der Waals surface area contributed by atoms with Crippen molar-refractivity contribution in [2.75, 3.05) is 26.9 Å². The van der Waals surface area contributed by atoms with Crippen LogP contribution in [0.2, 0.25) is 5.02 Å². The maximum atomic E-state index is 12.1. The molecule has 5 heteroatoms. The van der Waals surface area contributed by atoms with E-state index in [1.165, 1.54) is 7.11 Å². The molecule has 2 rings (SSSR count). The number of ether oxygens (including phenoxy) is 2. The van der Waals surface area contributed by atoms with E-state index in [9.17, 15) is 4.79 Å². The van der Waals surface area contributed by atoms with E-state index in [-0.39, 0.29) is 5.91 Å². The molecule has 20 heavy (non-hydrogen) atoms. The van der Waals surface area contributed by atoms with Crippen LogP contribution in [0.25, 0.3) is 0 Å². The SMILES string of the molecule is COc1cc(Cl)ccc1C(=O)NCCCC1CCOC1. The molecule has 1 amide bonds. The van der Waals surface area contributed by atoms with Crippen LogP contribution >= 0.6 is 11.6 Å². The maximum absolute atomic E-state index is 12.1. The molecule has 1 saturated heterocycles. The average molecular weight is 298 g/mol. The Hall–Kier alpha value is -1.26. The van der Waals surface area contributed by atoms with Crippen LogP contribution in [0.1, 0.15) is 29.6 Å². The van der Waals surface area contributed by atoms with Crippen LogP contribution in [0.5, 0.6) is 5.75 Å². The van der Waals surface area contributed by atoms with Crippen LogP contribution in [0.3, 0.4) is 0 Å². The molecule has 0 radical (unpaired) electrons. The van der Waals surface area contributed by atoms with E-state index in [2.05, 4.69) is 5.32 Å². The van der Waals surface area contributed by atoms with E-state index in [4.69, 9.17) is 21.1 Å². The molecule has 0 bridgehead atoms. The average Bonchev–Trinajstić information content (AvgIpc) is 2.96. The molecule has 0 spiro atoms. The number of hydrogen-bond donors (Lipinski definition) is 1. The molecular weight excluding hydrogens is 278 g/mol. The molecule has 1 aliphatic heterocycles. The zero-order valence-electron chi connectivity index (χ0n) is 11.7. The number of hydrogen-bond acceptors (Lipinski definition) is 3. The van der Waals surface area contributed by atoms with Gasteiger partial charge in [0.25, 0.3) is 5.91 Å². The lowest BCUT2D eigenvalue weighted by Crippen LogP contribution is -2.25. The van der Waals surface area contributed by atoms with Crippen molar-refractivity contribution in [3.05, 3.63) is 28.8 Å². The van der Waals surface area contributed by atoms with Gasteiger partial charge in [0.05, 0.1) is 12.7 Å². The molecule has 1 unspecified atom stereocenters. The topological polar surface area (TPSA) is 47.6 Å². The third-order valence-electron chi connectivity index (χ3n) is 3.51. The fourth-order valence-electron chi connectivity index (χ4n) is 2.35. The van der Waals surface area contributed by atoms with Gasteiger partial charge in [0, 0.05) is 24.8 Å². The monoisotopic (exact) mass is 297 g/mol. The van der Waals surface area contributed by atoms with Crippen LogP contribution in [-0.2, 0) is 4.74 Å². The molecule has 110 valence electrons. The molecule has 1 N–H and O–H groups in total. The minimum absolute atomic E-state index is 0.124. The van der Waals surface area contributed by atoms with Crippen molar-refractivity contribution in [1.82, 2.24) is 5.32 Å². The Kier molecular flexibility index (Phi) is 5.68. The summed E-state index contributed by atoms with van der Waals surface area (Å²) in [6, 6.07) is 5.02.